The lowest BCUT2D eigenvalue weighted by molar-refractivity contribution is -0.141. The van der Waals surface area contributed by atoms with Crippen LogP contribution in [0.3, 0.4) is 0 Å². The molecule has 7 nitrogen and oxygen atoms in total. The number of hydrogen-bond acceptors (Lipinski definition) is 6. The molecule has 0 fully saturated rings. The number of nitrogens with one attached hydrogen (secondary N) is 2. The summed E-state index contributed by atoms with van der Waals surface area (Å²) in [6.45, 7) is 1.37. The summed E-state index contributed by atoms with van der Waals surface area (Å²) in [5.74, 6) is -2.37. The molecule has 2 heterocycles. The van der Waals surface area contributed by atoms with Crippen LogP contribution in [-0.2, 0) is 6.18 Å². The maximum Gasteiger partial charge on any atom is 0.435 e. The third kappa shape index (κ3) is 5.83. The molecule has 0 aliphatic rings. The highest BCUT2D eigenvalue weighted by Gasteiger charge is 2.38. The van der Waals surface area contributed by atoms with Gasteiger partial charge in [0, 0.05) is 6.20 Å². The fourth-order valence-electron chi connectivity index (χ4n) is 1.73. The van der Waals surface area contributed by atoms with Gasteiger partial charge in [0.2, 0.25) is 11.9 Å². The van der Waals surface area contributed by atoms with Gasteiger partial charge < -0.3 is 10.6 Å². The second-order valence-electron chi connectivity index (χ2n) is 5.74. The third-order valence-corrected chi connectivity index (χ3v) is 3.38. The van der Waals surface area contributed by atoms with Gasteiger partial charge in [-0.05, 0) is 19.9 Å². The minimum atomic E-state index is -4.84. The number of rotatable bonds is 5. The van der Waals surface area contributed by atoms with Gasteiger partial charge in [-0.2, -0.15) is 59.6 Å². The van der Waals surface area contributed by atoms with E-state index in [1.54, 1.807) is 0 Å². The van der Waals surface area contributed by atoms with E-state index in [0.717, 1.165) is 6.20 Å². The monoisotopic (exact) mass is 437 g/mol. The molecular formula is C13H12F9N7. The number of aromatic nitrogens is 5. The van der Waals surface area contributed by atoms with E-state index >= 15 is 0 Å². The molecule has 2 aromatic rings. The van der Waals surface area contributed by atoms with Crippen molar-refractivity contribution in [1.29, 1.82) is 0 Å². The molecule has 0 aliphatic carbocycles. The average molecular weight is 437 g/mol. The lowest BCUT2D eigenvalue weighted by Crippen LogP contribution is -2.35. The van der Waals surface area contributed by atoms with Gasteiger partial charge in [0.1, 0.15) is 12.1 Å². The van der Waals surface area contributed by atoms with Crippen LogP contribution in [0.25, 0.3) is 5.95 Å². The predicted molar refractivity (Wildman–Crippen MR) is 80.2 cm³/mol. The van der Waals surface area contributed by atoms with E-state index in [2.05, 4.69) is 20.1 Å². The van der Waals surface area contributed by atoms with Gasteiger partial charge in [0.15, 0.2) is 5.69 Å². The zero-order valence-electron chi connectivity index (χ0n) is 14.4. The van der Waals surface area contributed by atoms with Gasteiger partial charge in [-0.3, -0.25) is 0 Å². The summed E-state index contributed by atoms with van der Waals surface area (Å²) in [5.41, 5.74) is -1.37. The van der Waals surface area contributed by atoms with Crippen molar-refractivity contribution >= 4 is 11.9 Å². The molecule has 0 aliphatic heterocycles. The van der Waals surface area contributed by atoms with Gasteiger partial charge in [-0.1, -0.05) is 0 Å². The lowest BCUT2D eigenvalue weighted by atomic mass is 10.3. The van der Waals surface area contributed by atoms with E-state index < -0.39 is 54.2 Å². The fraction of sp³-hybridized carbons (Fsp3) is 0.538. The quantitative estimate of drug-likeness (QED) is 0.693. The Kier molecular flexibility index (Phi) is 5.85. The first-order chi connectivity index (χ1) is 13.1. The Bertz CT molecular complexity index is 800. The van der Waals surface area contributed by atoms with Crippen molar-refractivity contribution in [3.8, 4) is 5.95 Å². The van der Waals surface area contributed by atoms with Crippen molar-refractivity contribution in [3.05, 3.63) is 18.0 Å². The number of nitrogens with zero attached hydrogens (tertiary/aromatic N) is 5. The highest BCUT2D eigenvalue weighted by atomic mass is 19.4. The third-order valence-electron chi connectivity index (χ3n) is 3.38. The molecule has 29 heavy (non-hydrogen) atoms. The smallest absolute Gasteiger partial charge is 0.343 e. The van der Waals surface area contributed by atoms with Crippen LogP contribution in [-0.4, -0.2) is 49.2 Å². The highest BCUT2D eigenvalue weighted by Crippen LogP contribution is 2.28. The standard InChI is InChI=1S/C13H12F9N7/c1-5(11(14,15)16)23-8-25-9(24-6(2)12(17,18)19)27-10(26-8)29-4-3-7(28-29)13(20,21)22/h3-6H,1-2H3,(H2,23,24,25,26,27)/t5-,6?/m0/s1. The van der Waals surface area contributed by atoms with Crippen molar-refractivity contribution in [2.75, 3.05) is 10.6 Å². The topological polar surface area (TPSA) is 80.5 Å². The van der Waals surface area contributed by atoms with Crippen molar-refractivity contribution in [2.45, 2.75) is 44.5 Å². The molecule has 0 aromatic carbocycles. The predicted octanol–water partition coefficient (Wildman–Crippen LogP) is 3.80. The number of alkyl halides is 9. The Hall–Kier alpha value is -2.81. The van der Waals surface area contributed by atoms with E-state index in [0.29, 0.717) is 24.6 Å². The van der Waals surface area contributed by atoms with Crippen LogP contribution >= 0.6 is 0 Å². The molecule has 1 unspecified atom stereocenters. The van der Waals surface area contributed by atoms with Gasteiger partial charge in [-0.15, -0.1) is 0 Å². The molecule has 16 heteroatoms. The van der Waals surface area contributed by atoms with Crippen LogP contribution in [0, 0.1) is 0 Å². The molecule has 0 saturated heterocycles. The number of anilines is 2. The summed E-state index contributed by atoms with van der Waals surface area (Å²) in [4.78, 5) is 10.4. The van der Waals surface area contributed by atoms with Crippen molar-refractivity contribution < 1.29 is 39.5 Å². The van der Waals surface area contributed by atoms with Gasteiger partial charge in [-0.25, -0.2) is 4.68 Å². The molecule has 0 radical (unpaired) electrons. The Morgan fingerprint density at radius 2 is 1.24 bits per heavy atom. The second-order valence-corrected chi connectivity index (χ2v) is 5.74. The van der Waals surface area contributed by atoms with Gasteiger partial charge >= 0.3 is 18.5 Å². The molecule has 0 saturated carbocycles. The molecule has 2 N–H and O–H groups in total. The Labute approximate surface area is 156 Å². The first-order valence-electron chi connectivity index (χ1n) is 7.63. The van der Waals surface area contributed by atoms with Crippen molar-refractivity contribution in [2.24, 2.45) is 0 Å². The van der Waals surface area contributed by atoms with E-state index in [9.17, 15) is 39.5 Å². The second kappa shape index (κ2) is 7.55. The van der Waals surface area contributed by atoms with E-state index in [1.165, 1.54) is 0 Å². The molecule has 162 valence electrons. The maximum atomic E-state index is 12.7. The molecule has 0 bridgehead atoms. The lowest BCUT2D eigenvalue weighted by Gasteiger charge is -2.20. The summed E-state index contributed by atoms with van der Waals surface area (Å²) >= 11 is 0. The number of halogens is 9. The Morgan fingerprint density at radius 3 is 1.59 bits per heavy atom. The minimum absolute atomic E-state index is 0.442. The Morgan fingerprint density at radius 1 is 0.793 bits per heavy atom. The Balaban J connectivity index is 2.45. The number of hydrogen-bond donors (Lipinski definition) is 2. The largest absolute Gasteiger partial charge is 0.435 e. The molecule has 2 atom stereocenters. The zero-order valence-corrected chi connectivity index (χ0v) is 14.4. The van der Waals surface area contributed by atoms with Crippen LogP contribution in [0.15, 0.2) is 12.3 Å². The summed E-state index contributed by atoms with van der Waals surface area (Å²) in [6.07, 6.45) is -13.6. The highest BCUT2D eigenvalue weighted by molar-refractivity contribution is 5.39. The van der Waals surface area contributed by atoms with Crippen LogP contribution in [0.4, 0.5) is 51.4 Å². The summed E-state index contributed by atoms with van der Waals surface area (Å²) in [7, 11) is 0. The van der Waals surface area contributed by atoms with E-state index in [1.807, 2.05) is 10.6 Å². The SMILES string of the molecule is CC(Nc1nc(N[C@@H](C)C(F)(F)F)nc(-n2ccc(C(F)(F)F)n2)n1)C(F)(F)F. The van der Waals surface area contributed by atoms with Crippen LogP contribution in [0.2, 0.25) is 0 Å². The van der Waals surface area contributed by atoms with Crippen LogP contribution < -0.4 is 10.6 Å². The van der Waals surface area contributed by atoms with E-state index in [4.69, 9.17) is 0 Å². The zero-order chi connectivity index (χ0) is 22.2. The fourth-order valence-corrected chi connectivity index (χ4v) is 1.73. The first-order valence-corrected chi connectivity index (χ1v) is 7.63. The molecule has 0 spiro atoms. The van der Waals surface area contributed by atoms with Crippen LogP contribution in [0.1, 0.15) is 19.5 Å². The summed E-state index contributed by atoms with van der Waals surface area (Å²) in [6, 6.07) is -3.90. The van der Waals surface area contributed by atoms with Crippen molar-refractivity contribution in [1.82, 2.24) is 24.7 Å². The maximum absolute atomic E-state index is 12.7. The molecule has 2 aromatic heterocycles. The van der Waals surface area contributed by atoms with Gasteiger partial charge in [0.25, 0.3) is 5.95 Å². The summed E-state index contributed by atoms with van der Waals surface area (Å²) in [5, 5.41) is 6.75. The molecule has 0 amide bonds. The average Bonchev–Trinajstić information content (AvgIpc) is 3.03. The normalized spacial score (nSPS) is 15.1. The summed E-state index contributed by atoms with van der Waals surface area (Å²) < 4.78 is 115. The van der Waals surface area contributed by atoms with E-state index in [-0.39, 0.29) is 0 Å². The van der Waals surface area contributed by atoms with Crippen molar-refractivity contribution in [3.63, 3.8) is 0 Å². The molecule has 2 rings (SSSR count). The van der Waals surface area contributed by atoms with Crippen LogP contribution in [0.5, 0.6) is 0 Å². The first kappa shape index (κ1) is 22.5. The van der Waals surface area contributed by atoms with Gasteiger partial charge in [0.05, 0.1) is 0 Å². The molecular weight excluding hydrogens is 425 g/mol. The minimum Gasteiger partial charge on any atom is -0.343 e.